The Morgan fingerprint density at radius 3 is 2.48 bits per heavy atom. The minimum atomic E-state index is -0.770. The third-order valence-corrected chi connectivity index (χ3v) is 4.79. The highest BCUT2D eigenvalue weighted by molar-refractivity contribution is 6.34. The van der Waals surface area contributed by atoms with Gasteiger partial charge in [0.15, 0.2) is 5.70 Å². The predicted octanol–water partition coefficient (Wildman–Crippen LogP) is 5.29. The molecule has 1 aliphatic heterocycles. The van der Waals surface area contributed by atoms with Gasteiger partial charge in [0, 0.05) is 6.07 Å². The van der Waals surface area contributed by atoms with E-state index in [1.54, 1.807) is 42.5 Å². The molecule has 0 fully saturated rings. The molecule has 0 saturated carbocycles. The van der Waals surface area contributed by atoms with Crippen LogP contribution in [0.3, 0.4) is 0 Å². The SMILES string of the molecule is O=C1OC(c2ccccc2Cl)=N/C1=C/c1cccc(Oc2ccc([N+](=O)[O-])cc2[N+](=O)[O-])c1. The molecule has 0 amide bonds. The number of non-ortho nitro benzene ring substituents is 1. The second-order valence-corrected chi connectivity index (χ2v) is 7.06. The normalized spacial score (nSPS) is 14.0. The number of carbonyl (C=O) groups excluding carboxylic acids is 1. The fraction of sp³-hybridized carbons (Fsp3) is 0. The molecule has 1 heterocycles. The second-order valence-electron chi connectivity index (χ2n) is 6.66. The van der Waals surface area contributed by atoms with Gasteiger partial charge in [0.25, 0.3) is 5.69 Å². The summed E-state index contributed by atoms with van der Waals surface area (Å²) >= 11 is 6.13. The van der Waals surface area contributed by atoms with E-state index in [-0.39, 0.29) is 23.1 Å². The number of carbonyl (C=O) groups is 1. The van der Waals surface area contributed by atoms with E-state index in [9.17, 15) is 25.0 Å². The Morgan fingerprint density at radius 2 is 1.76 bits per heavy atom. The maximum atomic E-state index is 12.2. The number of esters is 1. The van der Waals surface area contributed by atoms with Gasteiger partial charge in [-0.3, -0.25) is 20.2 Å². The van der Waals surface area contributed by atoms with Gasteiger partial charge in [-0.2, -0.15) is 0 Å². The van der Waals surface area contributed by atoms with E-state index in [1.165, 1.54) is 12.1 Å². The molecule has 0 unspecified atom stereocenters. The average Bonchev–Trinajstić information content (AvgIpc) is 3.14. The number of hydrogen-bond donors (Lipinski definition) is 0. The van der Waals surface area contributed by atoms with Crippen LogP contribution in [0.15, 0.2) is 77.4 Å². The van der Waals surface area contributed by atoms with Crippen molar-refractivity contribution in [3.05, 3.63) is 109 Å². The van der Waals surface area contributed by atoms with Crippen LogP contribution in [0, 0.1) is 20.2 Å². The van der Waals surface area contributed by atoms with Crippen LogP contribution in [-0.4, -0.2) is 21.7 Å². The average molecular weight is 466 g/mol. The molecule has 0 bridgehead atoms. The number of hydrogen-bond acceptors (Lipinski definition) is 8. The van der Waals surface area contributed by atoms with Gasteiger partial charge in [-0.05, 0) is 42.0 Å². The Kier molecular flexibility index (Phi) is 5.83. The molecule has 10 nitrogen and oxygen atoms in total. The van der Waals surface area contributed by atoms with Gasteiger partial charge in [0.1, 0.15) is 5.75 Å². The zero-order valence-corrected chi connectivity index (χ0v) is 17.3. The summed E-state index contributed by atoms with van der Waals surface area (Å²) < 4.78 is 10.8. The number of aliphatic imine (C=N–C) groups is 1. The quantitative estimate of drug-likeness (QED) is 0.209. The lowest BCUT2D eigenvalue weighted by molar-refractivity contribution is -0.394. The third kappa shape index (κ3) is 4.70. The monoisotopic (exact) mass is 465 g/mol. The van der Waals surface area contributed by atoms with Gasteiger partial charge in [-0.25, -0.2) is 9.79 Å². The van der Waals surface area contributed by atoms with Gasteiger partial charge in [0.05, 0.1) is 26.5 Å². The molecule has 4 rings (SSSR count). The number of nitro benzene ring substituents is 2. The van der Waals surface area contributed by atoms with Crippen molar-refractivity contribution in [1.29, 1.82) is 0 Å². The van der Waals surface area contributed by atoms with E-state index in [4.69, 9.17) is 21.1 Å². The Morgan fingerprint density at radius 1 is 0.970 bits per heavy atom. The Bertz CT molecular complexity index is 1370. The number of rotatable bonds is 6. The number of nitro groups is 2. The largest absolute Gasteiger partial charge is 0.450 e. The number of cyclic esters (lactones) is 1. The number of nitrogens with zero attached hydrogens (tertiary/aromatic N) is 3. The summed E-state index contributed by atoms with van der Waals surface area (Å²) in [5, 5.41) is 22.6. The maximum Gasteiger partial charge on any atom is 0.363 e. The minimum Gasteiger partial charge on any atom is -0.450 e. The molecule has 1 aliphatic rings. The summed E-state index contributed by atoms with van der Waals surface area (Å²) in [5.41, 5.74) is 0.0239. The molecule has 0 spiro atoms. The summed E-state index contributed by atoms with van der Waals surface area (Å²) in [5.74, 6) is -0.550. The zero-order chi connectivity index (χ0) is 23.5. The molecule has 0 radical (unpaired) electrons. The van der Waals surface area contributed by atoms with E-state index >= 15 is 0 Å². The molecule has 0 aliphatic carbocycles. The molecule has 0 saturated heterocycles. The van der Waals surface area contributed by atoms with Crippen molar-refractivity contribution in [2.24, 2.45) is 4.99 Å². The van der Waals surface area contributed by atoms with Crippen LogP contribution < -0.4 is 4.74 Å². The Labute approximate surface area is 190 Å². The van der Waals surface area contributed by atoms with Crippen molar-refractivity contribution in [3.63, 3.8) is 0 Å². The molecule has 3 aromatic carbocycles. The topological polar surface area (TPSA) is 134 Å². The van der Waals surface area contributed by atoms with Crippen molar-refractivity contribution in [2.45, 2.75) is 0 Å². The smallest absolute Gasteiger partial charge is 0.363 e. The van der Waals surface area contributed by atoms with E-state index in [0.717, 1.165) is 18.2 Å². The van der Waals surface area contributed by atoms with Crippen LogP contribution in [0.4, 0.5) is 11.4 Å². The first-order chi connectivity index (χ1) is 15.8. The predicted molar refractivity (Wildman–Crippen MR) is 118 cm³/mol. The lowest BCUT2D eigenvalue weighted by Gasteiger charge is -2.07. The highest BCUT2D eigenvalue weighted by Gasteiger charge is 2.25. The van der Waals surface area contributed by atoms with Crippen molar-refractivity contribution < 1.29 is 24.1 Å². The fourth-order valence-corrected chi connectivity index (χ4v) is 3.18. The summed E-state index contributed by atoms with van der Waals surface area (Å²) in [4.78, 5) is 37.1. The van der Waals surface area contributed by atoms with Crippen LogP contribution in [0.5, 0.6) is 11.5 Å². The number of halogens is 1. The molecular weight excluding hydrogens is 454 g/mol. The molecule has 164 valence electrons. The first-order valence-electron chi connectivity index (χ1n) is 9.30. The van der Waals surface area contributed by atoms with Gasteiger partial charge in [-0.15, -0.1) is 0 Å². The van der Waals surface area contributed by atoms with E-state index < -0.39 is 27.2 Å². The minimum absolute atomic E-state index is 0.0309. The molecule has 3 aromatic rings. The maximum absolute atomic E-state index is 12.2. The lowest BCUT2D eigenvalue weighted by Crippen LogP contribution is -2.05. The summed E-state index contributed by atoms with van der Waals surface area (Å²) in [6.45, 7) is 0. The van der Waals surface area contributed by atoms with E-state index in [1.807, 2.05) is 0 Å². The molecule has 11 heteroatoms. The van der Waals surface area contributed by atoms with Gasteiger partial charge < -0.3 is 9.47 Å². The Hall–Kier alpha value is -4.57. The molecule has 0 N–H and O–H groups in total. The van der Waals surface area contributed by atoms with E-state index in [0.29, 0.717) is 16.1 Å². The van der Waals surface area contributed by atoms with Gasteiger partial charge >= 0.3 is 11.7 Å². The standard InChI is InChI=1S/C22H12ClN3O7/c23-17-7-2-1-6-16(17)21-24-18(22(27)33-21)11-13-4-3-5-15(10-13)32-20-9-8-14(25(28)29)12-19(20)26(30)31/h1-12H/b18-11+. The van der Waals surface area contributed by atoms with E-state index in [2.05, 4.69) is 4.99 Å². The first-order valence-corrected chi connectivity index (χ1v) is 9.68. The zero-order valence-electron chi connectivity index (χ0n) is 16.5. The first kappa shape index (κ1) is 21.7. The summed E-state index contributed by atoms with van der Waals surface area (Å²) in [6, 6.07) is 16.2. The second kappa shape index (κ2) is 8.89. The van der Waals surface area contributed by atoms with Crippen molar-refractivity contribution >= 4 is 40.9 Å². The number of ether oxygens (including phenoxy) is 2. The lowest BCUT2D eigenvalue weighted by atomic mass is 10.2. The van der Waals surface area contributed by atoms with Crippen molar-refractivity contribution in [1.82, 2.24) is 0 Å². The highest BCUT2D eigenvalue weighted by atomic mass is 35.5. The van der Waals surface area contributed by atoms with Crippen LogP contribution in [-0.2, 0) is 9.53 Å². The van der Waals surface area contributed by atoms with Crippen LogP contribution in [0.25, 0.3) is 6.08 Å². The summed E-state index contributed by atoms with van der Waals surface area (Å²) in [7, 11) is 0. The molecule has 0 aromatic heterocycles. The van der Waals surface area contributed by atoms with Crippen LogP contribution in [0.1, 0.15) is 11.1 Å². The summed E-state index contributed by atoms with van der Waals surface area (Å²) in [6.07, 6.45) is 1.46. The van der Waals surface area contributed by atoms with Crippen molar-refractivity contribution in [3.8, 4) is 11.5 Å². The molecule has 0 atom stereocenters. The van der Waals surface area contributed by atoms with Crippen molar-refractivity contribution in [2.75, 3.05) is 0 Å². The fourth-order valence-electron chi connectivity index (χ4n) is 2.96. The highest BCUT2D eigenvalue weighted by Crippen LogP contribution is 2.35. The third-order valence-electron chi connectivity index (χ3n) is 4.46. The van der Waals surface area contributed by atoms with Gasteiger partial charge in [0.2, 0.25) is 11.6 Å². The van der Waals surface area contributed by atoms with Gasteiger partial charge in [-0.1, -0.05) is 35.9 Å². The molecule has 33 heavy (non-hydrogen) atoms. The Balaban J connectivity index is 1.62. The number of benzene rings is 3. The van der Waals surface area contributed by atoms with Crippen LogP contribution >= 0.6 is 11.6 Å². The molecular formula is C22H12ClN3O7. The van der Waals surface area contributed by atoms with Crippen LogP contribution in [0.2, 0.25) is 5.02 Å².